The number of benzene rings is 1. The van der Waals surface area contributed by atoms with Crippen molar-refractivity contribution in [1.82, 2.24) is 9.55 Å². The van der Waals surface area contributed by atoms with Crippen LogP contribution in [0.25, 0.3) is 22.3 Å². The van der Waals surface area contributed by atoms with Crippen LogP contribution in [0.15, 0.2) is 23.0 Å². The molecule has 0 saturated heterocycles. The molecule has 1 aromatic carbocycles. The highest BCUT2D eigenvalue weighted by Crippen LogP contribution is 2.43. The molecule has 2 aromatic heterocycles. The standard InChI is InChI=1S/C23H20IN3O4/c1-2-23(30)15-8-18-20-13(9-27(18)21(28)14(15)10-31-22(23)29)11-4-3-5-12-16(26-24)6-7-17(25-20)19(11)12/h6-8,26,30H,2-5,9-10H2,1H3/t23-/m0/s1. The number of cyclic esters (lactones) is 1. The third-order valence-corrected chi connectivity index (χ3v) is 7.61. The SMILES string of the molecule is CC[C@@]1(O)C(=O)OCc2c1cc1n(c2=O)Cc2c-1nc1ccc(NI)c3c1c2CCC3. The maximum absolute atomic E-state index is 13.4. The first-order valence-electron chi connectivity index (χ1n) is 10.5. The van der Waals surface area contributed by atoms with Gasteiger partial charge in [-0.2, -0.15) is 0 Å². The summed E-state index contributed by atoms with van der Waals surface area (Å²) in [5.74, 6) is -0.699. The van der Waals surface area contributed by atoms with E-state index in [0.29, 0.717) is 23.4 Å². The summed E-state index contributed by atoms with van der Waals surface area (Å²) in [7, 11) is 0. The number of carbonyl (C=O) groups is 1. The second-order valence-corrected chi connectivity index (χ2v) is 8.99. The molecule has 6 rings (SSSR count). The van der Waals surface area contributed by atoms with Crippen molar-refractivity contribution >= 4 is 45.4 Å². The number of nitrogens with zero attached hydrogens (tertiary/aromatic N) is 2. The summed E-state index contributed by atoms with van der Waals surface area (Å²) in [4.78, 5) is 30.7. The largest absolute Gasteiger partial charge is 0.458 e. The summed E-state index contributed by atoms with van der Waals surface area (Å²) >= 11 is 2.16. The van der Waals surface area contributed by atoms with Gasteiger partial charge in [-0.05, 0) is 55.0 Å². The number of aromatic nitrogens is 2. The Morgan fingerprint density at radius 2 is 2.03 bits per heavy atom. The number of nitrogens with one attached hydrogen (secondary N) is 1. The van der Waals surface area contributed by atoms with E-state index in [9.17, 15) is 14.7 Å². The quantitative estimate of drug-likeness (QED) is 0.235. The molecule has 4 heterocycles. The number of fused-ring (bicyclic) bond motifs is 5. The van der Waals surface area contributed by atoms with Gasteiger partial charge in [0.15, 0.2) is 5.60 Å². The van der Waals surface area contributed by atoms with Crippen LogP contribution in [0.1, 0.15) is 47.6 Å². The summed E-state index contributed by atoms with van der Waals surface area (Å²) in [5, 5.41) is 12.2. The summed E-state index contributed by atoms with van der Waals surface area (Å²) in [6.45, 7) is 2.06. The lowest BCUT2D eigenvalue weighted by Crippen LogP contribution is -2.44. The number of hydrogen-bond donors (Lipinski definition) is 2. The number of ether oxygens (including phenoxy) is 1. The van der Waals surface area contributed by atoms with Gasteiger partial charge in [0.2, 0.25) is 0 Å². The summed E-state index contributed by atoms with van der Waals surface area (Å²) < 4.78 is 10.1. The highest BCUT2D eigenvalue weighted by atomic mass is 127. The van der Waals surface area contributed by atoms with Crippen molar-refractivity contribution in [2.75, 3.05) is 3.53 Å². The molecule has 3 aliphatic rings. The molecule has 0 amide bonds. The fourth-order valence-electron chi connectivity index (χ4n) is 5.41. The number of aliphatic hydroxyl groups is 1. The number of rotatable bonds is 2. The highest BCUT2D eigenvalue weighted by Gasteiger charge is 2.45. The van der Waals surface area contributed by atoms with Gasteiger partial charge in [0, 0.05) is 22.2 Å². The van der Waals surface area contributed by atoms with Gasteiger partial charge in [-0.1, -0.05) is 6.92 Å². The minimum atomic E-state index is -1.80. The topological polar surface area (TPSA) is 93.5 Å². The Kier molecular flexibility index (Phi) is 4.05. The maximum atomic E-state index is 13.4. The van der Waals surface area contributed by atoms with Crippen LogP contribution in [0.4, 0.5) is 5.69 Å². The third-order valence-electron chi connectivity index (χ3n) is 7.03. The van der Waals surface area contributed by atoms with Gasteiger partial charge in [-0.25, -0.2) is 9.78 Å². The van der Waals surface area contributed by atoms with E-state index in [2.05, 4.69) is 32.5 Å². The van der Waals surface area contributed by atoms with E-state index in [1.54, 1.807) is 17.6 Å². The van der Waals surface area contributed by atoms with Crippen molar-refractivity contribution in [2.24, 2.45) is 0 Å². The number of esters is 1. The first-order valence-corrected chi connectivity index (χ1v) is 11.6. The second-order valence-electron chi connectivity index (χ2n) is 8.45. The summed E-state index contributed by atoms with van der Waals surface area (Å²) in [6, 6.07) is 5.86. The van der Waals surface area contributed by atoms with Crippen LogP contribution >= 0.6 is 22.9 Å². The van der Waals surface area contributed by atoms with Crippen LogP contribution < -0.4 is 9.09 Å². The number of aryl methyl sites for hydroxylation is 2. The zero-order chi connectivity index (χ0) is 21.5. The molecule has 31 heavy (non-hydrogen) atoms. The molecule has 0 radical (unpaired) electrons. The van der Waals surface area contributed by atoms with Crippen LogP contribution in [0.3, 0.4) is 0 Å². The molecular weight excluding hydrogens is 509 g/mol. The normalized spacial score (nSPS) is 20.8. The van der Waals surface area contributed by atoms with E-state index in [4.69, 9.17) is 9.72 Å². The molecule has 1 atom stereocenters. The van der Waals surface area contributed by atoms with E-state index in [0.717, 1.165) is 41.7 Å². The van der Waals surface area contributed by atoms with Crippen LogP contribution in [0.2, 0.25) is 0 Å². The average Bonchev–Trinajstić information content (AvgIpc) is 3.16. The van der Waals surface area contributed by atoms with E-state index >= 15 is 0 Å². The van der Waals surface area contributed by atoms with E-state index in [-0.39, 0.29) is 18.6 Å². The zero-order valence-electron chi connectivity index (χ0n) is 16.9. The first-order chi connectivity index (χ1) is 15.0. The fourth-order valence-corrected chi connectivity index (χ4v) is 5.91. The first kappa shape index (κ1) is 19.2. The van der Waals surface area contributed by atoms with Crippen molar-refractivity contribution in [2.45, 2.75) is 51.4 Å². The molecule has 158 valence electrons. The minimum Gasteiger partial charge on any atom is -0.458 e. The molecule has 0 saturated carbocycles. The molecule has 7 nitrogen and oxygen atoms in total. The van der Waals surface area contributed by atoms with Crippen molar-refractivity contribution in [3.63, 3.8) is 0 Å². The Morgan fingerprint density at radius 3 is 2.81 bits per heavy atom. The Morgan fingerprint density at radius 1 is 1.23 bits per heavy atom. The lowest BCUT2D eigenvalue weighted by atomic mass is 9.85. The zero-order valence-corrected chi connectivity index (χ0v) is 19.1. The fraction of sp³-hybridized carbons (Fsp3) is 0.348. The summed E-state index contributed by atoms with van der Waals surface area (Å²) in [5.41, 5.74) is 5.79. The second kappa shape index (κ2) is 6.52. The van der Waals surface area contributed by atoms with E-state index in [1.165, 1.54) is 16.5 Å². The van der Waals surface area contributed by atoms with Crippen LogP contribution in [-0.4, -0.2) is 20.6 Å². The van der Waals surface area contributed by atoms with Crippen LogP contribution in [0, 0.1) is 0 Å². The lowest BCUT2D eigenvalue weighted by Gasteiger charge is -2.31. The Hall–Kier alpha value is -2.46. The van der Waals surface area contributed by atoms with Crippen molar-refractivity contribution < 1.29 is 14.6 Å². The van der Waals surface area contributed by atoms with Gasteiger partial charge >= 0.3 is 5.97 Å². The number of carbonyl (C=O) groups excluding carboxylic acids is 1. The predicted octanol–water partition coefficient (Wildman–Crippen LogP) is 3.33. The lowest BCUT2D eigenvalue weighted by molar-refractivity contribution is -0.172. The molecule has 2 N–H and O–H groups in total. The van der Waals surface area contributed by atoms with E-state index in [1.807, 2.05) is 6.07 Å². The minimum absolute atomic E-state index is 0.108. The predicted molar refractivity (Wildman–Crippen MR) is 124 cm³/mol. The maximum Gasteiger partial charge on any atom is 0.343 e. The van der Waals surface area contributed by atoms with Crippen molar-refractivity contribution in [3.05, 3.63) is 56.4 Å². The molecule has 3 aromatic rings. The molecule has 8 heteroatoms. The van der Waals surface area contributed by atoms with Gasteiger partial charge < -0.3 is 17.9 Å². The van der Waals surface area contributed by atoms with Gasteiger partial charge in [0.05, 0.1) is 51.9 Å². The number of pyridine rings is 2. The third kappa shape index (κ3) is 2.40. The van der Waals surface area contributed by atoms with E-state index < -0.39 is 11.6 Å². The molecule has 0 fully saturated rings. The molecule has 0 spiro atoms. The average molecular weight is 529 g/mol. The molecular formula is C23H20IN3O4. The Balaban J connectivity index is 1.66. The molecule has 0 bridgehead atoms. The Labute approximate surface area is 191 Å². The summed E-state index contributed by atoms with van der Waals surface area (Å²) in [6.07, 6.45) is 3.14. The van der Waals surface area contributed by atoms with Crippen LogP contribution in [0.5, 0.6) is 0 Å². The number of anilines is 1. The van der Waals surface area contributed by atoms with Gasteiger partial charge in [-0.15, -0.1) is 0 Å². The monoisotopic (exact) mass is 529 g/mol. The number of halogens is 1. The Bertz CT molecular complexity index is 1380. The number of hydrogen-bond acceptors (Lipinski definition) is 6. The highest BCUT2D eigenvalue weighted by molar-refractivity contribution is 14.1. The molecule has 2 aliphatic heterocycles. The van der Waals surface area contributed by atoms with Crippen LogP contribution in [-0.2, 0) is 41.1 Å². The smallest absolute Gasteiger partial charge is 0.343 e. The molecule has 1 aliphatic carbocycles. The van der Waals surface area contributed by atoms with Crippen molar-refractivity contribution in [1.29, 1.82) is 0 Å². The van der Waals surface area contributed by atoms with Gasteiger partial charge in [0.25, 0.3) is 5.56 Å². The molecule has 0 unspecified atom stereocenters. The van der Waals surface area contributed by atoms with Gasteiger partial charge in [0.1, 0.15) is 6.61 Å². The van der Waals surface area contributed by atoms with Gasteiger partial charge in [-0.3, -0.25) is 4.79 Å². The van der Waals surface area contributed by atoms with Crippen molar-refractivity contribution in [3.8, 4) is 11.4 Å².